The van der Waals surface area contributed by atoms with Gasteiger partial charge in [-0.15, -0.1) is 0 Å². The minimum absolute atomic E-state index is 0.0384. The zero-order valence-corrected chi connectivity index (χ0v) is 12.6. The molecule has 2 rings (SSSR count). The van der Waals surface area contributed by atoms with Gasteiger partial charge in [0.15, 0.2) is 0 Å². The van der Waals surface area contributed by atoms with Crippen molar-refractivity contribution in [3.05, 3.63) is 0 Å². The molecule has 0 aromatic heterocycles. The fourth-order valence-electron chi connectivity index (χ4n) is 4.08. The highest BCUT2D eigenvalue weighted by molar-refractivity contribution is 5.78. The Bertz CT molecular complexity index is 376. The molecular formula is C16H27NO4. The van der Waals surface area contributed by atoms with E-state index in [1.807, 2.05) is 0 Å². The molecule has 0 heterocycles. The van der Waals surface area contributed by atoms with Gasteiger partial charge in [0, 0.05) is 25.0 Å². The fourth-order valence-corrected chi connectivity index (χ4v) is 4.08. The van der Waals surface area contributed by atoms with Crippen LogP contribution in [-0.4, -0.2) is 34.7 Å². The number of hydrogen-bond acceptors (Lipinski definition) is 3. The summed E-state index contributed by atoms with van der Waals surface area (Å²) in [7, 11) is 0. The molecule has 21 heavy (non-hydrogen) atoms. The van der Waals surface area contributed by atoms with Gasteiger partial charge in [-0.25, -0.2) is 0 Å². The third kappa shape index (κ3) is 4.43. The summed E-state index contributed by atoms with van der Waals surface area (Å²) in [4.78, 5) is 23.5. The first-order chi connectivity index (χ1) is 10.0. The molecule has 0 aromatic rings. The Kier molecular flexibility index (Phi) is 5.62. The lowest BCUT2D eigenvalue weighted by Crippen LogP contribution is -2.42. The molecule has 2 unspecified atom stereocenters. The van der Waals surface area contributed by atoms with Gasteiger partial charge in [-0.3, -0.25) is 9.59 Å². The normalized spacial score (nSPS) is 28.2. The van der Waals surface area contributed by atoms with E-state index < -0.39 is 5.97 Å². The highest BCUT2D eigenvalue weighted by Gasteiger charge is 2.37. The molecule has 1 amide bonds. The lowest BCUT2D eigenvalue weighted by molar-refractivity contribution is -0.141. The minimum atomic E-state index is -0.807. The number of amides is 1. The van der Waals surface area contributed by atoms with E-state index in [1.165, 1.54) is 0 Å². The summed E-state index contributed by atoms with van der Waals surface area (Å²) in [5, 5.41) is 21.5. The zero-order chi connectivity index (χ0) is 15.3. The minimum Gasteiger partial charge on any atom is -0.481 e. The van der Waals surface area contributed by atoms with Crippen LogP contribution in [0.25, 0.3) is 0 Å². The molecule has 0 saturated heterocycles. The van der Waals surface area contributed by atoms with E-state index in [2.05, 4.69) is 5.32 Å². The summed E-state index contributed by atoms with van der Waals surface area (Å²) in [5.41, 5.74) is -0.360. The van der Waals surface area contributed by atoms with Crippen molar-refractivity contribution in [2.75, 3.05) is 6.61 Å². The van der Waals surface area contributed by atoms with E-state index in [9.17, 15) is 14.7 Å². The van der Waals surface area contributed by atoms with Crippen LogP contribution in [0, 0.1) is 11.3 Å². The van der Waals surface area contributed by atoms with Gasteiger partial charge in [-0.05, 0) is 31.1 Å². The molecule has 2 atom stereocenters. The van der Waals surface area contributed by atoms with Gasteiger partial charge >= 0.3 is 5.97 Å². The van der Waals surface area contributed by atoms with Crippen molar-refractivity contribution in [3.8, 4) is 0 Å². The average Bonchev–Trinajstić information content (AvgIpc) is 2.85. The number of carbonyl (C=O) groups excluding carboxylic acids is 1. The molecule has 120 valence electrons. The molecule has 2 aliphatic carbocycles. The van der Waals surface area contributed by atoms with Crippen LogP contribution in [0.3, 0.4) is 0 Å². The molecule has 2 fully saturated rings. The molecule has 0 aromatic carbocycles. The number of rotatable bonds is 6. The Morgan fingerprint density at radius 2 is 1.76 bits per heavy atom. The first-order valence-electron chi connectivity index (χ1n) is 8.17. The van der Waals surface area contributed by atoms with Crippen LogP contribution in [0.1, 0.15) is 64.2 Å². The molecule has 0 bridgehead atoms. The van der Waals surface area contributed by atoms with Crippen molar-refractivity contribution in [1.29, 1.82) is 0 Å². The first-order valence-corrected chi connectivity index (χ1v) is 8.17. The van der Waals surface area contributed by atoms with Crippen molar-refractivity contribution in [2.24, 2.45) is 11.3 Å². The van der Waals surface area contributed by atoms with E-state index >= 15 is 0 Å². The van der Waals surface area contributed by atoms with Gasteiger partial charge in [0.1, 0.15) is 0 Å². The van der Waals surface area contributed by atoms with E-state index in [0.29, 0.717) is 6.42 Å². The maximum absolute atomic E-state index is 12.3. The quantitative estimate of drug-likeness (QED) is 0.700. The van der Waals surface area contributed by atoms with E-state index in [4.69, 9.17) is 5.11 Å². The second-order valence-corrected chi connectivity index (χ2v) is 6.86. The third-order valence-corrected chi connectivity index (χ3v) is 5.22. The Balaban J connectivity index is 1.93. The van der Waals surface area contributed by atoms with Gasteiger partial charge < -0.3 is 15.5 Å². The van der Waals surface area contributed by atoms with Crippen LogP contribution in [0.2, 0.25) is 0 Å². The topological polar surface area (TPSA) is 86.6 Å². The maximum atomic E-state index is 12.3. The van der Waals surface area contributed by atoms with Crippen molar-refractivity contribution in [1.82, 2.24) is 5.32 Å². The summed E-state index contributed by atoms with van der Waals surface area (Å²) in [6, 6.07) is 0.0629. The largest absolute Gasteiger partial charge is 0.481 e. The summed E-state index contributed by atoms with van der Waals surface area (Å²) < 4.78 is 0. The predicted octanol–water partition coefficient (Wildman–Crippen LogP) is 2.08. The first kappa shape index (κ1) is 16.3. The number of nitrogens with one attached hydrogen (secondary N) is 1. The van der Waals surface area contributed by atoms with Crippen LogP contribution in [0.15, 0.2) is 0 Å². The maximum Gasteiger partial charge on any atom is 0.303 e. The summed E-state index contributed by atoms with van der Waals surface area (Å²) in [6.07, 6.45) is 8.16. The van der Waals surface area contributed by atoms with Crippen molar-refractivity contribution >= 4 is 11.9 Å². The van der Waals surface area contributed by atoms with Gasteiger partial charge in [-0.2, -0.15) is 0 Å². The molecule has 2 saturated carbocycles. The highest BCUT2D eigenvalue weighted by atomic mass is 16.4. The lowest BCUT2D eigenvalue weighted by atomic mass is 9.69. The third-order valence-electron chi connectivity index (χ3n) is 5.22. The molecule has 5 heteroatoms. The van der Waals surface area contributed by atoms with Crippen molar-refractivity contribution in [3.63, 3.8) is 0 Å². The van der Waals surface area contributed by atoms with Gasteiger partial charge in [-0.1, -0.05) is 25.7 Å². The van der Waals surface area contributed by atoms with E-state index in [0.717, 1.165) is 51.4 Å². The average molecular weight is 297 g/mol. The summed E-state index contributed by atoms with van der Waals surface area (Å²) in [6.45, 7) is 0.116. The highest BCUT2D eigenvalue weighted by Crippen LogP contribution is 2.42. The Morgan fingerprint density at radius 3 is 2.38 bits per heavy atom. The Morgan fingerprint density at radius 1 is 1.05 bits per heavy atom. The summed E-state index contributed by atoms with van der Waals surface area (Å²) in [5.74, 6) is -0.682. The monoisotopic (exact) mass is 297 g/mol. The number of aliphatic carboxylic acids is 1. The predicted molar refractivity (Wildman–Crippen MR) is 78.7 cm³/mol. The molecular weight excluding hydrogens is 270 g/mol. The van der Waals surface area contributed by atoms with E-state index in [1.54, 1.807) is 0 Å². The SMILES string of the molecule is O=C(O)CC1(CC(=O)NC2CCCC2CO)CCCCC1. The molecule has 0 aliphatic heterocycles. The molecule has 0 spiro atoms. The number of aliphatic hydroxyl groups is 1. The van der Waals surface area contributed by atoms with Crippen LogP contribution >= 0.6 is 0 Å². The Labute approximate surface area is 126 Å². The number of carbonyl (C=O) groups is 2. The van der Waals surface area contributed by atoms with Crippen LogP contribution in [-0.2, 0) is 9.59 Å². The zero-order valence-electron chi connectivity index (χ0n) is 12.6. The second kappa shape index (κ2) is 7.25. The smallest absolute Gasteiger partial charge is 0.303 e. The van der Waals surface area contributed by atoms with Gasteiger partial charge in [0.05, 0.1) is 6.42 Å². The van der Waals surface area contributed by atoms with Gasteiger partial charge in [0.2, 0.25) is 5.91 Å². The van der Waals surface area contributed by atoms with Gasteiger partial charge in [0.25, 0.3) is 0 Å². The summed E-state index contributed by atoms with van der Waals surface area (Å²) >= 11 is 0. The number of hydrogen-bond donors (Lipinski definition) is 3. The second-order valence-electron chi connectivity index (χ2n) is 6.86. The van der Waals surface area contributed by atoms with Crippen molar-refractivity contribution < 1.29 is 19.8 Å². The fraction of sp³-hybridized carbons (Fsp3) is 0.875. The van der Waals surface area contributed by atoms with Crippen LogP contribution in [0.4, 0.5) is 0 Å². The molecule has 5 nitrogen and oxygen atoms in total. The molecule has 3 N–H and O–H groups in total. The number of carboxylic acid groups (broad SMARTS) is 1. The van der Waals surface area contributed by atoms with Crippen molar-refractivity contribution in [2.45, 2.75) is 70.3 Å². The number of carboxylic acids is 1. The number of aliphatic hydroxyl groups excluding tert-OH is 1. The molecule has 0 radical (unpaired) electrons. The molecule has 2 aliphatic rings. The Hall–Kier alpha value is -1.10. The van der Waals surface area contributed by atoms with E-state index in [-0.39, 0.29) is 36.3 Å². The lowest BCUT2D eigenvalue weighted by Gasteiger charge is -2.36. The van der Waals surface area contributed by atoms with Crippen LogP contribution in [0.5, 0.6) is 0 Å². The van der Waals surface area contributed by atoms with Crippen LogP contribution < -0.4 is 5.32 Å². The standard InChI is InChI=1S/C16H27NO4/c18-11-12-5-4-6-13(12)17-14(19)9-16(10-15(20)21)7-2-1-3-8-16/h12-13,18H,1-11H2,(H,17,19)(H,20,21).